The number of morpholine rings is 1. The van der Waals surface area contributed by atoms with Crippen molar-refractivity contribution in [1.82, 2.24) is 9.62 Å². The second kappa shape index (κ2) is 9.51. The number of amides is 2. The van der Waals surface area contributed by atoms with Gasteiger partial charge in [-0.05, 0) is 24.3 Å². The average Bonchev–Trinajstić information content (AvgIpc) is 2.60. The minimum absolute atomic E-state index is 0.0272. The van der Waals surface area contributed by atoms with Gasteiger partial charge in [-0.25, -0.2) is 13.1 Å². The van der Waals surface area contributed by atoms with Gasteiger partial charge in [-0.3, -0.25) is 9.59 Å². The van der Waals surface area contributed by atoms with Crippen molar-refractivity contribution < 1.29 is 27.5 Å². The summed E-state index contributed by atoms with van der Waals surface area (Å²) in [6, 6.07) is 6.60. The Balaban J connectivity index is 1.73. The van der Waals surface area contributed by atoms with E-state index in [4.69, 9.17) is 9.47 Å². The molecule has 0 aromatic heterocycles. The SMILES string of the molecule is CS(=O)(=O)NCCC(=O)Nc1ccc(OCC(=O)N2CCOCC2)cc1. The Morgan fingerprint density at radius 3 is 2.46 bits per heavy atom. The van der Waals surface area contributed by atoms with Gasteiger partial charge in [0.1, 0.15) is 5.75 Å². The van der Waals surface area contributed by atoms with Crippen LogP contribution in [0.1, 0.15) is 6.42 Å². The zero-order valence-corrected chi connectivity index (χ0v) is 15.4. The second-order valence-corrected chi connectivity index (χ2v) is 7.60. The molecule has 9 nitrogen and oxygen atoms in total. The van der Waals surface area contributed by atoms with Crippen molar-refractivity contribution in [3.63, 3.8) is 0 Å². The lowest BCUT2D eigenvalue weighted by Crippen LogP contribution is -2.42. The van der Waals surface area contributed by atoms with E-state index in [1.54, 1.807) is 29.2 Å². The highest BCUT2D eigenvalue weighted by Gasteiger charge is 2.17. The molecule has 1 aromatic rings. The van der Waals surface area contributed by atoms with E-state index in [0.717, 1.165) is 6.26 Å². The van der Waals surface area contributed by atoms with Gasteiger partial charge in [0.05, 0.1) is 19.5 Å². The maximum atomic E-state index is 12.0. The summed E-state index contributed by atoms with van der Waals surface area (Å²) in [5, 5.41) is 2.65. The number of rotatable bonds is 8. The number of nitrogens with one attached hydrogen (secondary N) is 2. The average molecular weight is 385 g/mol. The van der Waals surface area contributed by atoms with Crippen LogP contribution in [0.5, 0.6) is 5.75 Å². The maximum absolute atomic E-state index is 12.0. The van der Waals surface area contributed by atoms with Crippen molar-refractivity contribution in [2.75, 3.05) is 51.0 Å². The second-order valence-electron chi connectivity index (χ2n) is 5.77. The first-order chi connectivity index (χ1) is 12.3. The van der Waals surface area contributed by atoms with Crippen molar-refractivity contribution in [3.05, 3.63) is 24.3 Å². The first-order valence-electron chi connectivity index (χ1n) is 8.16. The Morgan fingerprint density at radius 2 is 1.85 bits per heavy atom. The van der Waals surface area contributed by atoms with Crippen molar-refractivity contribution >= 4 is 27.5 Å². The molecule has 2 amide bonds. The normalized spacial score (nSPS) is 14.7. The summed E-state index contributed by atoms with van der Waals surface area (Å²) >= 11 is 0. The molecular formula is C16H23N3O6S. The largest absolute Gasteiger partial charge is 0.484 e. The minimum Gasteiger partial charge on any atom is -0.484 e. The molecule has 0 saturated carbocycles. The van der Waals surface area contributed by atoms with Crippen molar-refractivity contribution in [3.8, 4) is 5.75 Å². The summed E-state index contributed by atoms with van der Waals surface area (Å²) in [7, 11) is -3.30. The van der Waals surface area contributed by atoms with Crippen LogP contribution in [-0.2, 0) is 24.3 Å². The van der Waals surface area contributed by atoms with Crippen LogP contribution in [0.15, 0.2) is 24.3 Å². The molecule has 0 atom stereocenters. The summed E-state index contributed by atoms with van der Waals surface area (Å²) in [6.45, 7) is 2.21. The Morgan fingerprint density at radius 1 is 1.19 bits per heavy atom. The van der Waals surface area contributed by atoms with Gasteiger partial charge in [-0.15, -0.1) is 0 Å². The number of carbonyl (C=O) groups is 2. The topological polar surface area (TPSA) is 114 Å². The molecule has 0 radical (unpaired) electrons. The first kappa shape index (κ1) is 20.1. The van der Waals surface area contributed by atoms with Gasteiger partial charge in [0, 0.05) is 31.7 Å². The van der Waals surface area contributed by atoms with Crippen LogP contribution in [0.4, 0.5) is 5.69 Å². The number of hydrogen-bond donors (Lipinski definition) is 2. The number of anilines is 1. The van der Waals surface area contributed by atoms with E-state index < -0.39 is 10.0 Å². The quantitative estimate of drug-likeness (QED) is 0.641. The third-order valence-corrected chi connectivity index (χ3v) is 4.31. The van der Waals surface area contributed by atoms with Crippen LogP contribution in [0.2, 0.25) is 0 Å². The fourth-order valence-corrected chi connectivity index (χ4v) is 2.73. The lowest BCUT2D eigenvalue weighted by molar-refractivity contribution is -0.137. The molecule has 1 aliphatic rings. The number of sulfonamides is 1. The van der Waals surface area contributed by atoms with Crippen molar-refractivity contribution in [2.45, 2.75) is 6.42 Å². The number of benzene rings is 1. The molecule has 0 aliphatic carbocycles. The highest BCUT2D eigenvalue weighted by Crippen LogP contribution is 2.16. The summed E-state index contributed by atoms with van der Waals surface area (Å²) < 4.78 is 34.8. The molecule has 1 aliphatic heterocycles. The van der Waals surface area contributed by atoms with E-state index in [1.807, 2.05) is 0 Å². The number of hydrogen-bond acceptors (Lipinski definition) is 6. The van der Waals surface area contributed by atoms with Gasteiger partial charge in [-0.2, -0.15) is 0 Å². The number of ether oxygens (including phenoxy) is 2. The van der Waals surface area contributed by atoms with Crippen LogP contribution < -0.4 is 14.8 Å². The van der Waals surface area contributed by atoms with Gasteiger partial charge < -0.3 is 19.7 Å². The van der Waals surface area contributed by atoms with E-state index in [-0.39, 0.29) is 31.4 Å². The molecule has 0 bridgehead atoms. The Labute approximate surface area is 152 Å². The molecule has 26 heavy (non-hydrogen) atoms. The van der Waals surface area contributed by atoms with Gasteiger partial charge in [-0.1, -0.05) is 0 Å². The standard InChI is InChI=1S/C16H23N3O6S/c1-26(22,23)17-7-6-15(20)18-13-2-4-14(5-3-13)25-12-16(21)19-8-10-24-11-9-19/h2-5,17H,6-12H2,1H3,(H,18,20). The Hall–Kier alpha value is -2.17. The van der Waals surface area contributed by atoms with Crippen molar-refractivity contribution in [1.29, 1.82) is 0 Å². The summed E-state index contributed by atoms with van der Waals surface area (Å²) in [6.07, 6.45) is 1.06. The molecule has 144 valence electrons. The van der Waals surface area contributed by atoms with E-state index in [0.29, 0.717) is 37.7 Å². The lowest BCUT2D eigenvalue weighted by Gasteiger charge is -2.26. The fraction of sp³-hybridized carbons (Fsp3) is 0.500. The van der Waals surface area contributed by atoms with Crippen molar-refractivity contribution in [2.24, 2.45) is 0 Å². The zero-order valence-electron chi connectivity index (χ0n) is 14.6. The molecule has 1 saturated heterocycles. The van der Waals surface area contributed by atoms with Crippen LogP contribution in [-0.4, -0.2) is 70.8 Å². The molecule has 1 heterocycles. The van der Waals surface area contributed by atoms with Crippen LogP contribution in [0.25, 0.3) is 0 Å². The van der Waals surface area contributed by atoms with Gasteiger partial charge in [0.25, 0.3) is 5.91 Å². The minimum atomic E-state index is -3.30. The molecule has 2 rings (SSSR count). The Kier molecular flexibility index (Phi) is 7.37. The third-order valence-electron chi connectivity index (χ3n) is 3.58. The van der Waals surface area contributed by atoms with Gasteiger partial charge >= 0.3 is 0 Å². The molecule has 1 fully saturated rings. The Bertz CT molecular complexity index is 714. The monoisotopic (exact) mass is 385 g/mol. The van der Waals surface area contributed by atoms with Crippen LogP contribution in [0.3, 0.4) is 0 Å². The highest BCUT2D eigenvalue weighted by atomic mass is 32.2. The predicted molar refractivity (Wildman–Crippen MR) is 95.4 cm³/mol. The fourth-order valence-electron chi connectivity index (χ4n) is 2.26. The number of carbonyl (C=O) groups excluding carboxylic acids is 2. The van der Waals surface area contributed by atoms with E-state index in [9.17, 15) is 18.0 Å². The third kappa shape index (κ3) is 7.38. The lowest BCUT2D eigenvalue weighted by atomic mass is 10.3. The van der Waals surface area contributed by atoms with Gasteiger partial charge in [0.15, 0.2) is 6.61 Å². The molecule has 0 spiro atoms. The predicted octanol–water partition coefficient (Wildman–Crippen LogP) is -0.198. The molecule has 0 unspecified atom stereocenters. The summed E-state index contributed by atoms with van der Waals surface area (Å²) in [5.74, 6) is 0.115. The zero-order chi connectivity index (χ0) is 19.0. The van der Waals surface area contributed by atoms with Crippen LogP contribution in [0, 0.1) is 0 Å². The number of nitrogens with zero attached hydrogens (tertiary/aromatic N) is 1. The summed E-state index contributed by atoms with van der Waals surface area (Å²) in [4.78, 5) is 25.4. The maximum Gasteiger partial charge on any atom is 0.260 e. The smallest absolute Gasteiger partial charge is 0.260 e. The molecule has 10 heteroatoms. The molecular weight excluding hydrogens is 362 g/mol. The van der Waals surface area contributed by atoms with E-state index in [2.05, 4.69) is 10.0 Å². The van der Waals surface area contributed by atoms with E-state index in [1.165, 1.54) is 0 Å². The first-order valence-corrected chi connectivity index (χ1v) is 10.1. The molecule has 1 aromatic carbocycles. The van der Waals surface area contributed by atoms with Crippen LogP contribution >= 0.6 is 0 Å². The van der Waals surface area contributed by atoms with Gasteiger partial charge in [0.2, 0.25) is 15.9 Å². The summed E-state index contributed by atoms with van der Waals surface area (Å²) in [5.41, 5.74) is 0.557. The van der Waals surface area contributed by atoms with E-state index >= 15 is 0 Å². The molecule has 2 N–H and O–H groups in total. The highest BCUT2D eigenvalue weighted by molar-refractivity contribution is 7.88.